The first kappa shape index (κ1) is 13.8. The molecule has 0 aliphatic rings. The van der Waals surface area contributed by atoms with Gasteiger partial charge in [-0.15, -0.1) is 0 Å². The van der Waals surface area contributed by atoms with E-state index in [2.05, 4.69) is 14.9 Å². The largest absolute Gasteiger partial charge is 0.384 e. The summed E-state index contributed by atoms with van der Waals surface area (Å²) in [4.78, 5) is 2.09. The topological polar surface area (TPSA) is 61.4 Å². The summed E-state index contributed by atoms with van der Waals surface area (Å²) in [6.45, 7) is 1.80. The lowest BCUT2D eigenvalue weighted by molar-refractivity contribution is 0.425. The van der Waals surface area contributed by atoms with Gasteiger partial charge in [0.15, 0.2) is 0 Å². The Morgan fingerprint density at radius 1 is 1.12 bits per heavy atom. The number of anilines is 2. The predicted molar refractivity (Wildman–Crippen MR) is 72.0 cm³/mol. The van der Waals surface area contributed by atoms with E-state index in [4.69, 9.17) is 0 Å². The van der Waals surface area contributed by atoms with Crippen molar-refractivity contribution in [1.82, 2.24) is 4.90 Å². The van der Waals surface area contributed by atoms with Crippen molar-refractivity contribution in [1.29, 1.82) is 0 Å². The van der Waals surface area contributed by atoms with E-state index >= 15 is 0 Å². The lowest BCUT2D eigenvalue weighted by Crippen LogP contribution is -2.20. The standard InChI is InChI=1S/C11H19N3O2S/c1-14(2)9-8-12-10-4-6-11(7-5-10)13-17(3,15)16/h4-7,12-13H,8-9H2,1-3H3. The average Bonchev–Trinajstić information content (AvgIpc) is 2.18. The Morgan fingerprint density at radius 2 is 1.65 bits per heavy atom. The molecule has 0 saturated heterocycles. The monoisotopic (exact) mass is 257 g/mol. The van der Waals surface area contributed by atoms with Gasteiger partial charge in [0.05, 0.1) is 6.26 Å². The van der Waals surface area contributed by atoms with Crippen molar-refractivity contribution in [3.63, 3.8) is 0 Å². The lowest BCUT2D eigenvalue weighted by atomic mass is 10.3. The molecule has 2 N–H and O–H groups in total. The van der Waals surface area contributed by atoms with Crippen LogP contribution in [0.3, 0.4) is 0 Å². The van der Waals surface area contributed by atoms with Crippen molar-refractivity contribution in [3.05, 3.63) is 24.3 Å². The van der Waals surface area contributed by atoms with E-state index in [1.165, 1.54) is 0 Å². The fraction of sp³-hybridized carbons (Fsp3) is 0.455. The molecule has 0 aromatic heterocycles. The molecule has 0 bridgehead atoms. The van der Waals surface area contributed by atoms with Crippen molar-refractivity contribution < 1.29 is 8.42 Å². The Bertz CT molecular complexity index is 440. The Hall–Kier alpha value is -1.27. The number of likely N-dealkylation sites (N-methyl/N-ethyl adjacent to an activating group) is 1. The second-order valence-corrected chi connectivity index (χ2v) is 5.93. The van der Waals surface area contributed by atoms with Crippen LogP contribution in [0.5, 0.6) is 0 Å². The highest BCUT2D eigenvalue weighted by Crippen LogP contribution is 2.14. The SMILES string of the molecule is CN(C)CCNc1ccc(NS(C)(=O)=O)cc1. The number of hydrogen-bond donors (Lipinski definition) is 2. The minimum Gasteiger partial charge on any atom is -0.384 e. The van der Waals surface area contributed by atoms with Crippen LogP contribution in [0.25, 0.3) is 0 Å². The Balaban J connectivity index is 2.50. The third-order valence-electron chi connectivity index (χ3n) is 2.08. The molecule has 6 heteroatoms. The minimum absolute atomic E-state index is 0.575. The first-order valence-electron chi connectivity index (χ1n) is 5.33. The zero-order valence-electron chi connectivity index (χ0n) is 10.4. The van der Waals surface area contributed by atoms with E-state index in [1.54, 1.807) is 12.1 Å². The molecule has 0 radical (unpaired) electrons. The summed E-state index contributed by atoms with van der Waals surface area (Å²) in [6.07, 6.45) is 1.14. The Kier molecular flexibility index (Phi) is 4.77. The second-order valence-electron chi connectivity index (χ2n) is 4.18. The first-order valence-corrected chi connectivity index (χ1v) is 7.22. The van der Waals surface area contributed by atoms with Crippen molar-refractivity contribution >= 4 is 21.4 Å². The maximum atomic E-state index is 11.0. The van der Waals surface area contributed by atoms with Crippen LogP contribution in [0.4, 0.5) is 11.4 Å². The molecule has 0 atom stereocenters. The van der Waals surface area contributed by atoms with Gasteiger partial charge in [-0.2, -0.15) is 0 Å². The van der Waals surface area contributed by atoms with Gasteiger partial charge in [0.1, 0.15) is 0 Å². The van der Waals surface area contributed by atoms with E-state index in [0.717, 1.165) is 25.0 Å². The molecule has 96 valence electrons. The van der Waals surface area contributed by atoms with Crippen molar-refractivity contribution in [2.24, 2.45) is 0 Å². The molecule has 0 spiro atoms. The summed E-state index contributed by atoms with van der Waals surface area (Å²) >= 11 is 0. The highest BCUT2D eigenvalue weighted by atomic mass is 32.2. The van der Waals surface area contributed by atoms with Crippen LogP contribution in [-0.2, 0) is 10.0 Å². The number of sulfonamides is 1. The predicted octanol–water partition coefficient (Wildman–Crippen LogP) is 1.03. The van der Waals surface area contributed by atoms with Crippen LogP contribution in [0.1, 0.15) is 0 Å². The van der Waals surface area contributed by atoms with Gasteiger partial charge in [-0.25, -0.2) is 8.42 Å². The Labute approximate surface area is 103 Å². The summed E-state index contributed by atoms with van der Waals surface area (Å²) in [7, 11) is 0.834. The molecular formula is C11H19N3O2S. The minimum atomic E-state index is -3.20. The molecule has 1 aromatic carbocycles. The van der Waals surface area contributed by atoms with Gasteiger partial charge >= 0.3 is 0 Å². The van der Waals surface area contributed by atoms with Gasteiger partial charge in [0, 0.05) is 24.5 Å². The molecule has 0 aliphatic carbocycles. The normalized spacial score (nSPS) is 11.5. The first-order chi connectivity index (χ1) is 7.87. The smallest absolute Gasteiger partial charge is 0.229 e. The zero-order chi connectivity index (χ0) is 12.9. The fourth-order valence-electron chi connectivity index (χ4n) is 1.29. The van der Waals surface area contributed by atoms with Gasteiger partial charge in [-0.1, -0.05) is 0 Å². The summed E-state index contributed by atoms with van der Waals surface area (Å²) in [5, 5.41) is 3.25. The maximum absolute atomic E-state index is 11.0. The molecule has 1 aromatic rings. The molecule has 5 nitrogen and oxygen atoms in total. The van der Waals surface area contributed by atoms with Crippen LogP contribution in [0, 0.1) is 0 Å². The maximum Gasteiger partial charge on any atom is 0.229 e. The third kappa shape index (κ3) is 6.13. The number of nitrogens with zero attached hydrogens (tertiary/aromatic N) is 1. The van der Waals surface area contributed by atoms with Gasteiger partial charge in [-0.05, 0) is 38.4 Å². The lowest BCUT2D eigenvalue weighted by Gasteiger charge is -2.11. The quantitative estimate of drug-likeness (QED) is 0.799. The Morgan fingerprint density at radius 3 is 2.12 bits per heavy atom. The van der Waals surface area contributed by atoms with E-state index in [0.29, 0.717) is 5.69 Å². The molecular weight excluding hydrogens is 238 g/mol. The van der Waals surface area contributed by atoms with Crippen molar-refractivity contribution in [3.8, 4) is 0 Å². The van der Waals surface area contributed by atoms with Crippen LogP contribution < -0.4 is 10.0 Å². The number of rotatable bonds is 6. The molecule has 17 heavy (non-hydrogen) atoms. The van der Waals surface area contributed by atoms with Crippen molar-refractivity contribution in [2.75, 3.05) is 43.5 Å². The van der Waals surface area contributed by atoms with E-state index < -0.39 is 10.0 Å². The van der Waals surface area contributed by atoms with Crippen molar-refractivity contribution in [2.45, 2.75) is 0 Å². The van der Waals surface area contributed by atoms with Gasteiger partial charge in [0.25, 0.3) is 0 Å². The summed E-state index contributed by atoms with van der Waals surface area (Å²) in [5.41, 5.74) is 1.55. The average molecular weight is 257 g/mol. The molecule has 0 unspecified atom stereocenters. The van der Waals surface area contributed by atoms with Gasteiger partial charge in [0.2, 0.25) is 10.0 Å². The van der Waals surface area contributed by atoms with E-state index in [9.17, 15) is 8.42 Å². The number of nitrogens with one attached hydrogen (secondary N) is 2. The summed E-state index contributed by atoms with van der Waals surface area (Å²) in [5.74, 6) is 0. The number of hydrogen-bond acceptors (Lipinski definition) is 4. The zero-order valence-corrected chi connectivity index (χ0v) is 11.2. The third-order valence-corrected chi connectivity index (χ3v) is 2.68. The second kappa shape index (κ2) is 5.88. The fourth-order valence-corrected chi connectivity index (χ4v) is 1.86. The van der Waals surface area contributed by atoms with Crippen LogP contribution in [-0.4, -0.2) is 46.8 Å². The molecule has 0 saturated carbocycles. The van der Waals surface area contributed by atoms with E-state index in [-0.39, 0.29) is 0 Å². The molecule has 0 heterocycles. The number of benzene rings is 1. The highest BCUT2D eigenvalue weighted by molar-refractivity contribution is 7.92. The highest BCUT2D eigenvalue weighted by Gasteiger charge is 2.01. The molecule has 1 rings (SSSR count). The molecule has 0 aliphatic heterocycles. The van der Waals surface area contributed by atoms with Gasteiger partial charge < -0.3 is 10.2 Å². The summed E-state index contributed by atoms with van der Waals surface area (Å²) in [6, 6.07) is 7.17. The van der Waals surface area contributed by atoms with Crippen LogP contribution in [0.2, 0.25) is 0 Å². The molecule has 0 fully saturated rings. The molecule has 0 amide bonds. The summed E-state index contributed by atoms with van der Waals surface area (Å²) < 4.78 is 24.4. The van der Waals surface area contributed by atoms with Crippen LogP contribution >= 0.6 is 0 Å². The van der Waals surface area contributed by atoms with E-state index in [1.807, 2.05) is 26.2 Å². The van der Waals surface area contributed by atoms with Gasteiger partial charge in [-0.3, -0.25) is 4.72 Å². The van der Waals surface area contributed by atoms with Crippen LogP contribution in [0.15, 0.2) is 24.3 Å².